The largest absolute Gasteiger partial charge is 0.392 e. The van der Waals surface area contributed by atoms with Crippen LogP contribution in [-0.4, -0.2) is 34.6 Å². The molecule has 1 unspecified atom stereocenters. The van der Waals surface area contributed by atoms with Crippen molar-refractivity contribution in [2.45, 2.75) is 20.0 Å². The van der Waals surface area contributed by atoms with E-state index in [-0.39, 0.29) is 6.54 Å². The lowest BCUT2D eigenvalue weighted by Crippen LogP contribution is -2.39. The van der Waals surface area contributed by atoms with Gasteiger partial charge in [-0.3, -0.25) is 9.59 Å². The first kappa shape index (κ1) is 13.1. The summed E-state index contributed by atoms with van der Waals surface area (Å²) in [4.78, 5) is 26.7. The Kier molecular flexibility index (Phi) is 4.59. The standard InChI is InChI=1S/C11H15N3O3/c1-7-4-3-5-12-9(7)14-11(17)10(16)13-6-8(2)15/h3-5,8,15H,6H2,1-2H3,(H,13,16)(H,12,14,17). The van der Waals surface area contributed by atoms with Gasteiger partial charge in [-0.25, -0.2) is 4.98 Å². The van der Waals surface area contributed by atoms with Crippen LogP contribution in [0.2, 0.25) is 0 Å². The molecule has 0 saturated carbocycles. The smallest absolute Gasteiger partial charge is 0.314 e. The molecule has 0 radical (unpaired) electrons. The molecule has 6 heteroatoms. The van der Waals surface area contributed by atoms with Crippen LogP contribution in [0.1, 0.15) is 12.5 Å². The van der Waals surface area contributed by atoms with E-state index in [0.29, 0.717) is 5.82 Å². The maximum atomic E-state index is 11.4. The van der Waals surface area contributed by atoms with Crippen molar-refractivity contribution >= 4 is 17.6 Å². The van der Waals surface area contributed by atoms with Gasteiger partial charge in [0.15, 0.2) is 0 Å². The highest BCUT2D eigenvalue weighted by Crippen LogP contribution is 2.08. The van der Waals surface area contributed by atoms with Crippen LogP contribution in [0.5, 0.6) is 0 Å². The van der Waals surface area contributed by atoms with Crippen LogP contribution in [0.15, 0.2) is 18.3 Å². The highest BCUT2D eigenvalue weighted by atomic mass is 16.3. The third-order valence-electron chi connectivity index (χ3n) is 2.01. The number of nitrogens with zero attached hydrogens (tertiary/aromatic N) is 1. The van der Waals surface area contributed by atoms with Gasteiger partial charge < -0.3 is 15.7 Å². The molecular formula is C11H15N3O3. The number of aliphatic hydroxyl groups excluding tert-OH is 1. The van der Waals surface area contributed by atoms with Gasteiger partial charge in [0.2, 0.25) is 0 Å². The average Bonchev–Trinajstić information content (AvgIpc) is 2.28. The molecule has 0 saturated heterocycles. The molecule has 0 bridgehead atoms. The summed E-state index contributed by atoms with van der Waals surface area (Å²) in [7, 11) is 0. The number of hydrogen-bond donors (Lipinski definition) is 3. The lowest BCUT2D eigenvalue weighted by atomic mass is 10.3. The predicted molar refractivity (Wildman–Crippen MR) is 62.3 cm³/mol. The molecular weight excluding hydrogens is 222 g/mol. The van der Waals surface area contributed by atoms with Gasteiger partial charge in [-0.1, -0.05) is 6.07 Å². The summed E-state index contributed by atoms with van der Waals surface area (Å²) < 4.78 is 0. The van der Waals surface area contributed by atoms with E-state index in [1.54, 1.807) is 19.1 Å². The Hall–Kier alpha value is -1.95. The number of carbonyl (C=O) groups excluding carboxylic acids is 2. The summed E-state index contributed by atoms with van der Waals surface area (Å²) >= 11 is 0. The Morgan fingerprint density at radius 1 is 1.47 bits per heavy atom. The van der Waals surface area contributed by atoms with Crippen molar-refractivity contribution in [1.82, 2.24) is 10.3 Å². The van der Waals surface area contributed by atoms with Crippen LogP contribution in [0.4, 0.5) is 5.82 Å². The van der Waals surface area contributed by atoms with Crippen LogP contribution in [-0.2, 0) is 9.59 Å². The molecule has 3 N–H and O–H groups in total. The van der Waals surface area contributed by atoms with Crippen molar-refractivity contribution in [2.24, 2.45) is 0 Å². The number of aromatic nitrogens is 1. The van der Waals surface area contributed by atoms with E-state index in [2.05, 4.69) is 15.6 Å². The Labute approximate surface area is 99.1 Å². The first-order valence-electron chi connectivity index (χ1n) is 5.19. The van der Waals surface area contributed by atoms with Gasteiger partial charge in [0.25, 0.3) is 0 Å². The first-order valence-corrected chi connectivity index (χ1v) is 5.19. The van der Waals surface area contributed by atoms with Gasteiger partial charge in [-0.15, -0.1) is 0 Å². The number of hydrogen-bond acceptors (Lipinski definition) is 4. The minimum absolute atomic E-state index is 0.0352. The summed E-state index contributed by atoms with van der Waals surface area (Å²) in [6.07, 6.45) is 0.833. The van der Waals surface area contributed by atoms with Crippen LogP contribution in [0, 0.1) is 6.92 Å². The van der Waals surface area contributed by atoms with Crippen LogP contribution < -0.4 is 10.6 Å². The number of pyridine rings is 1. The number of aliphatic hydroxyl groups is 1. The van der Waals surface area contributed by atoms with Crippen LogP contribution in [0.25, 0.3) is 0 Å². The molecule has 1 heterocycles. The second kappa shape index (κ2) is 5.95. The molecule has 6 nitrogen and oxygen atoms in total. The lowest BCUT2D eigenvalue weighted by Gasteiger charge is -2.08. The fourth-order valence-corrected chi connectivity index (χ4v) is 1.10. The molecule has 92 valence electrons. The highest BCUT2D eigenvalue weighted by molar-refractivity contribution is 6.39. The Morgan fingerprint density at radius 2 is 2.18 bits per heavy atom. The van der Waals surface area contributed by atoms with E-state index in [1.165, 1.54) is 13.1 Å². The van der Waals surface area contributed by atoms with Gasteiger partial charge in [0, 0.05) is 12.7 Å². The third-order valence-corrected chi connectivity index (χ3v) is 2.01. The summed E-state index contributed by atoms with van der Waals surface area (Å²) in [6, 6.07) is 3.51. The number of nitrogens with one attached hydrogen (secondary N) is 2. The normalized spacial score (nSPS) is 11.7. The zero-order valence-electron chi connectivity index (χ0n) is 9.73. The fourth-order valence-electron chi connectivity index (χ4n) is 1.10. The third kappa shape index (κ3) is 4.20. The molecule has 0 fully saturated rings. The van der Waals surface area contributed by atoms with Gasteiger partial charge in [0.1, 0.15) is 5.82 Å². The molecule has 0 aliphatic heterocycles. The maximum Gasteiger partial charge on any atom is 0.314 e. The molecule has 0 aliphatic rings. The van der Waals surface area contributed by atoms with Crippen molar-refractivity contribution in [2.75, 3.05) is 11.9 Å². The Balaban J connectivity index is 2.55. The zero-order chi connectivity index (χ0) is 12.8. The molecule has 2 amide bonds. The number of rotatable bonds is 3. The summed E-state index contributed by atoms with van der Waals surface area (Å²) in [5, 5.41) is 13.6. The number of anilines is 1. The minimum atomic E-state index is -0.799. The molecule has 1 atom stereocenters. The molecule has 0 aliphatic carbocycles. The van der Waals surface area contributed by atoms with Crippen LogP contribution in [0.3, 0.4) is 0 Å². The van der Waals surface area contributed by atoms with E-state index in [9.17, 15) is 9.59 Å². The van der Waals surface area contributed by atoms with Crippen LogP contribution >= 0.6 is 0 Å². The lowest BCUT2D eigenvalue weighted by molar-refractivity contribution is -0.136. The monoisotopic (exact) mass is 237 g/mol. The van der Waals surface area contributed by atoms with Crippen molar-refractivity contribution in [1.29, 1.82) is 0 Å². The minimum Gasteiger partial charge on any atom is -0.392 e. The van der Waals surface area contributed by atoms with E-state index in [4.69, 9.17) is 5.11 Å². The van der Waals surface area contributed by atoms with E-state index in [1.807, 2.05) is 0 Å². The zero-order valence-corrected chi connectivity index (χ0v) is 9.73. The number of amides is 2. The Bertz CT molecular complexity index is 418. The number of aryl methyl sites for hydroxylation is 1. The number of carbonyl (C=O) groups is 2. The van der Waals surface area contributed by atoms with Gasteiger partial charge in [-0.2, -0.15) is 0 Å². The molecule has 0 aromatic carbocycles. The topological polar surface area (TPSA) is 91.3 Å². The molecule has 1 aromatic heterocycles. The quantitative estimate of drug-likeness (QED) is 0.636. The van der Waals surface area contributed by atoms with Gasteiger partial charge in [0.05, 0.1) is 6.10 Å². The summed E-state index contributed by atoms with van der Waals surface area (Å²) in [5.74, 6) is -1.24. The Morgan fingerprint density at radius 3 is 2.76 bits per heavy atom. The van der Waals surface area contributed by atoms with E-state index >= 15 is 0 Å². The van der Waals surface area contributed by atoms with Gasteiger partial charge >= 0.3 is 11.8 Å². The molecule has 17 heavy (non-hydrogen) atoms. The van der Waals surface area contributed by atoms with E-state index < -0.39 is 17.9 Å². The molecule has 1 rings (SSSR count). The van der Waals surface area contributed by atoms with E-state index in [0.717, 1.165) is 5.56 Å². The second-order valence-electron chi connectivity index (χ2n) is 3.68. The summed E-state index contributed by atoms with van der Waals surface area (Å²) in [5.41, 5.74) is 0.768. The van der Waals surface area contributed by atoms with Crippen molar-refractivity contribution in [3.8, 4) is 0 Å². The van der Waals surface area contributed by atoms with Crippen molar-refractivity contribution in [3.63, 3.8) is 0 Å². The van der Waals surface area contributed by atoms with Crippen molar-refractivity contribution in [3.05, 3.63) is 23.9 Å². The molecule has 1 aromatic rings. The predicted octanol–water partition coefficient (Wildman–Crippen LogP) is -0.174. The first-order chi connectivity index (χ1) is 8.00. The molecule has 0 spiro atoms. The second-order valence-corrected chi connectivity index (χ2v) is 3.68. The summed E-state index contributed by atoms with van der Waals surface area (Å²) in [6.45, 7) is 3.32. The SMILES string of the molecule is Cc1cccnc1NC(=O)C(=O)NCC(C)O. The fraction of sp³-hybridized carbons (Fsp3) is 0.364. The highest BCUT2D eigenvalue weighted by Gasteiger charge is 2.15. The maximum absolute atomic E-state index is 11.4. The van der Waals surface area contributed by atoms with Gasteiger partial charge in [-0.05, 0) is 25.5 Å². The van der Waals surface area contributed by atoms with Crippen molar-refractivity contribution < 1.29 is 14.7 Å². The average molecular weight is 237 g/mol.